The van der Waals surface area contributed by atoms with Gasteiger partial charge in [0.2, 0.25) is 6.23 Å². The van der Waals surface area contributed by atoms with Crippen LogP contribution < -0.4 is 4.74 Å². The minimum absolute atomic E-state index is 0.131. The maximum atomic E-state index is 6.47. The van der Waals surface area contributed by atoms with Crippen molar-refractivity contribution in [2.45, 2.75) is 38.5 Å². The van der Waals surface area contributed by atoms with Crippen LogP contribution in [0.15, 0.2) is 76.3 Å². The molecule has 152 valence electrons. The van der Waals surface area contributed by atoms with E-state index in [4.69, 9.17) is 21.4 Å². The van der Waals surface area contributed by atoms with Crippen molar-refractivity contribution in [1.29, 1.82) is 0 Å². The van der Waals surface area contributed by atoms with Gasteiger partial charge in [-0.2, -0.15) is 5.10 Å². The summed E-state index contributed by atoms with van der Waals surface area (Å²) in [5.74, 6) is 1.42. The molecule has 5 rings (SSSR count). The molecule has 2 heterocycles. The highest BCUT2D eigenvalue weighted by atomic mass is 79.9. The Morgan fingerprint density at radius 1 is 1.03 bits per heavy atom. The van der Waals surface area contributed by atoms with Gasteiger partial charge in [-0.05, 0) is 47.4 Å². The van der Waals surface area contributed by atoms with E-state index in [1.54, 1.807) is 0 Å². The van der Waals surface area contributed by atoms with Crippen LogP contribution in [-0.4, -0.2) is 10.7 Å². The molecule has 2 atom stereocenters. The van der Waals surface area contributed by atoms with Gasteiger partial charge in [-0.25, -0.2) is 5.01 Å². The fourth-order valence-electron chi connectivity index (χ4n) is 4.14. The number of hydrazone groups is 1. The molecule has 0 fully saturated rings. The van der Waals surface area contributed by atoms with E-state index in [0.717, 1.165) is 44.1 Å². The first-order chi connectivity index (χ1) is 14.5. The van der Waals surface area contributed by atoms with Crippen LogP contribution in [-0.2, 0) is 0 Å². The Morgan fingerprint density at radius 3 is 2.47 bits per heavy atom. The molecule has 2 aliphatic rings. The summed E-state index contributed by atoms with van der Waals surface area (Å²) >= 11 is 9.70. The summed E-state index contributed by atoms with van der Waals surface area (Å²) in [4.78, 5) is 0. The Bertz CT molecular complexity index is 1110. The smallest absolute Gasteiger partial charge is 0.213 e. The van der Waals surface area contributed by atoms with Crippen molar-refractivity contribution in [3.63, 3.8) is 0 Å². The van der Waals surface area contributed by atoms with Gasteiger partial charge in [-0.3, -0.25) is 0 Å². The Hall–Kier alpha value is -2.30. The molecule has 5 heteroatoms. The predicted molar refractivity (Wildman–Crippen MR) is 125 cm³/mol. The third-order valence-electron chi connectivity index (χ3n) is 5.82. The number of benzene rings is 3. The molecule has 0 unspecified atom stereocenters. The number of rotatable bonds is 3. The quantitative estimate of drug-likeness (QED) is 0.387. The van der Waals surface area contributed by atoms with Crippen LogP contribution in [0.25, 0.3) is 0 Å². The number of hydrogen-bond acceptors (Lipinski definition) is 3. The molecule has 0 spiro atoms. The number of ether oxygens (including phenoxy) is 1. The lowest BCUT2D eigenvalue weighted by molar-refractivity contribution is -0.0190. The normalized spacial score (nSPS) is 19.9. The van der Waals surface area contributed by atoms with Gasteiger partial charge in [0.05, 0.1) is 11.8 Å². The fraction of sp³-hybridized carbons (Fsp3) is 0.240. The predicted octanol–water partition coefficient (Wildman–Crippen LogP) is 7.47. The highest BCUT2D eigenvalue weighted by molar-refractivity contribution is 9.10. The van der Waals surface area contributed by atoms with Crippen LogP contribution in [0.5, 0.6) is 5.75 Å². The molecule has 3 aromatic carbocycles. The topological polar surface area (TPSA) is 24.8 Å². The van der Waals surface area contributed by atoms with E-state index in [2.05, 4.69) is 65.1 Å². The molecule has 3 aromatic rings. The molecule has 0 amide bonds. The monoisotopic (exact) mass is 480 g/mol. The van der Waals surface area contributed by atoms with E-state index in [0.29, 0.717) is 5.92 Å². The zero-order valence-corrected chi connectivity index (χ0v) is 19.2. The second-order valence-corrected chi connectivity index (χ2v) is 9.48. The van der Waals surface area contributed by atoms with E-state index in [9.17, 15) is 0 Å². The fourth-order valence-corrected chi connectivity index (χ4v) is 4.65. The molecule has 0 aromatic heterocycles. The SMILES string of the molecule is CC(C)c1ccc([C@H]2Oc3ccc(Br)cc3[C@@H]3CC(c4ccc(Cl)cc4)=NN23)cc1. The molecule has 2 aliphatic heterocycles. The van der Waals surface area contributed by atoms with Crippen molar-refractivity contribution >= 4 is 33.2 Å². The Balaban J connectivity index is 1.57. The van der Waals surface area contributed by atoms with Gasteiger partial charge in [-0.15, -0.1) is 0 Å². The number of fused-ring (bicyclic) bond motifs is 3. The third-order valence-corrected chi connectivity index (χ3v) is 6.56. The summed E-state index contributed by atoms with van der Waals surface area (Å²) < 4.78 is 7.51. The van der Waals surface area contributed by atoms with E-state index in [-0.39, 0.29) is 12.3 Å². The highest BCUT2D eigenvalue weighted by Crippen LogP contribution is 2.48. The van der Waals surface area contributed by atoms with Gasteiger partial charge < -0.3 is 4.74 Å². The van der Waals surface area contributed by atoms with E-state index >= 15 is 0 Å². The standard InChI is InChI=1S/C25H22BrClN2O/c1-15(2)16-3-5-18(6-4-16)25-29-23(21-13-19(26)9-12-24(21)30-25)14-22(28-29)17-7-10-20(27)11-8-17/h3-13,15,23,25H,14H2,1-2H3/t23-,25+/m0/s1. The van der Waals surface area contributed by atoms with Crippen LogP contribution >= 0.6 is 27.5 Å². The molecule has 0 N–H and O–H groups in total. The first-order valence-electron chi connectivity index (χ1n) is 10.2. The van der Waals surface area contributed by atoms with E-state index in [1.165, 1.54) is 5.56 Å². The Morgan fingerprint density at radius 2 is 1.77 bits per heavy atom. The summed E-state index contributed by atoms with van der Waals surface area (Å²) in [6.07, 6.45) is 0.573. The molecule has 3 nitrogen and oxygen atoms in total. The third kappa shape index (κ3) is 3.52. The molecule has 0 bridgehead atoms. The van der Waals surface area contributed by atoms with Gasteiger partial charge in [-0.1, -0.05) is 77.8 Å². The highest BCUT2D eigenvalue weighted by Gasteiger charge is 2.41. The average Bonchev–Trinajstić information content (AvgIpc) is 3.19. The maximum absolute atomic E-state index is 6.47. The van der Waals surface area contributed by atoms with Crippen molar-refractivity contribution < 1.29 is 4.74 Å². The van der Waals surface area contributed by atoms with Crippen molar-refractivity contribution in [1.82, 2.24) is 5.01 Å². The van der Waals surface area contributed by atoms with Gasteiger partial charge in [0.1, 0.15) is 5.75 Å². The summed E-state index contributed by atoms with van der Waals surface area (Å²) in [6, 6.07) is 23.0. The molecule has 0 saturated heterocycles. The first-order valence-corrected chi connectivity index (χ1v) is 11.3. The van der Waals surface area contributed by atoms with Gasteiger partial charge in [0, 0.05) is 27.0 Å². The largest absolute Gasteiger partial charge is 0.464 e. The molecule has 0 radical (unpaired) electrons. The molecular formula is C25H22BrClN2O. The second-order valence-electron chi connectivity index (χ2n) is 8.13. The number of halogens is 2. The van der Waals surface area contributed by atoms with Gasteiger partial charge in [0.25, 0.3) is 0 Å². The van der Waals surface area contributed by atoms with Crippen molar-refractivity contribution in [2.75, 3.05) is 0 Å². The number of hydrogen-bond donors (Lipinski definition) is 0. The first kappa shape index (κ1) is 19.7. The zero-order chi connectivity index (χ0) is 20.8. The lowest BCUT2D eigenvalue weighted by atomic mass is 9.95. The van der Waals surface area contributed by atoms with Crippen molar-refractivity contribution in [3.8, 4) is 5.75 Å². The summed E-state index contributed by atoms with van der Waals surface area (Å²) in [6.45, 7) is 4.42. The van der Waals surface area contributed by atoms with Gasteiger partial charge in [0.15, 0.2) is 0 Å². The maximum Gasteiger partial charge on any atom is 0.213 e. The lowest BCUT2D eigenvalue weighted by Gasteiger charge is -2.38. The van der Waals surface area contributed by atoms with Crippen LogP contribution in [0.1, 0.15) is 60.7 Å². The minimum atomic E-state index is -0.255. The molecular weight excluding hydrogens is 460 g/mol. The number of nitrogens with zero attached hydrogens (tertiary/aromatic N) is 2. The zero-order valence-electron chi connectivity index (χ0n) is 16.8. The minimum Gasteiger partial charge on any atom is -0.464 e. The van der Waals surface area contributed by atoms with Crippen molar-refractivity contribution in [3.05, 3.63) is 98.5 Å². The average molecular weight is 482 g/mol. The summed E-state index contributed by atoms with van der Waals surface area (Å²) in [5, 5.41) is 7.87. The van der Waals surface area contributed by atoms with Gasteiger partial charge >= 0.3 is 0 Å². The van der Waals surface area contributed by atoms with Crippen LogP contribution in [0, 0.1) is 0 Å². The summed E-state index contributed by atoms with van der Waals surface area (Å²) in [7, 11) is 0. The van der Waals surface area contributed by atoms with Crippen LogP contribution in [0.4, 0.5) is 0 Å². The lowest BCUT2D eigenvalue weighted by Crippen LogP contribution is -2.33. The Labute approximate surface area is 190 Å². The molecule has 0 aliphatic carbocycles. The van der Waals surface area contributed by atoms with Crippen LogP contribution in [0.2, 0.25) is 5.02 Å². The Kier molecular flexibility index (Phi) is 5.08. The van der Waals surface area contributed by atoms with E-state index < -0.39 is 0 Å². The summed E-state index contributed by atoms with van der Waals surface area (Å²) in [5.41, 5.74) is 5.74. The van der Waals surface area contributed by atoms with Crippen molar-refractivity contribution in [2.24, 2.45) is 5.10 Å². The van der Waals surface area contributed by atoms with E-state index in [1.807, 2.05) is 36.4 Å². The van der Waals surface area contributed by atoms with Crippen LogP contribution in [0.3, 0.4) is 0 Å². The second kappa shape index (κ2) is 7.75. The molecule has 0 saturated carbocycles. The molecule has 30 heavy (non-hydrogen) atoms.